The standard InChI is InChI=1S/C24H28N4O5/c1-27-7-6-17-12-16(2-4-19(17)27)20(28-8-10-31-11-9-28)14-25-23(29)24(30)26-18-3-5-21-22(13-18)33-15-32-21/h2-5,12-13,20H,6-11,14-15H2,1H3,(H,25,29)(H,26,30)/t20-/m1/s1. The van der Waals surface area contributed by atoms with Crippen LogP contribution < -0.4 is 25.0 Å². The maximum absolute atomic E-state index is 12.6. The molecule has 174 valence electrons. The van der Waals surface area contributed by atoms with Crippen LogP contribution in [0.4, 0.5) is 11.4 Å². The number of likely N-dealkylation sites (N-methyl/N-ethyl adjacent to an activating group) is 1. The number of amides is 2. The van der Waals surface area contributed by atoms with Crippen LogP contribution in [0.5, 0.6) is 11.5 Å². The van der Waals surface area contributed by atoms with Crippen LogP contribution in [0.15, 0.2) is 36.4 Å². The molecule has 2 amide bonds. The Labute approximate surface area is 192 Å². The highest BCUT2D eigenvalue weighted by Crippen LogP contribution is 2.34. The SMILES string of the molecule is CN1CCc2cc([C@@H](CNC(=O)C(=O)Nc3ccc4c(c3)OCO4)N3CCOCC3)ccc21. The lowest BCUT2D eigenvalue weighted by Crippen LogP contribution is -2.45. The number of nitrogens with zero attached hydrogens (tertiary/aromatic N) is 2. The lowest BCUT2D eigenvalue weighted by Gasteiger charge is -2.35. The van der Waals surface area contributed by atoms with Crippen molar-refractivity contribution in [3.8, 4) is 11.5 Å². The largest absolute Gasteiger partial charge is 0.454 e. The molecule has 0 aliphatic carbocycles. The van der Waals surface area contributed by atoms with Gasteiger partial charge in [-0.2, -0.15) is 0 Å². The molecule has 3 aliphatic rings. The first-order valence-corrected chi connectivity index (χ1v) is 11.2. The smallest absolute Gasteiger partial charge is 0.313 e. The Hall–Kier alpha value is -3.30. The van der Waals surface area contributed by atoms with Crippen LogP contribution in [0, 0.1) is 0 Å². The molecule has 0 radical (unpaired) electrons. The predicted octanol–water partition coefficient (Wildman–Crippen LogP) is 1.54. The zero-order chi connectivity index (χ0) is 22.8. The first-order valence-electron chi connectivity index (χ1n) is 11.2. The van der Waals surface area contributed by atoms with Crippen molar-refractivity contribution in [3.05, 3.63) is 47.5 Å². The second-order valence-electron chi connectivity index (χ2n) is 8.46. The number of nitrogens with one attached hydrogen (secondary N) is 2. The molecule has 2 aromatic carbocycles. The monoisotopic (exact) mass is 452 g/mol. The average molecular weight is 453 g/mol. The van der Waals surface area contributed by atoms with Crippen molar-refractivity contribution >= 4 is 23.2 Å². The van der Waals surface area contributed by atoms with Crippen molar-refractivity contribution in [3.63, 3.8) is 0 Å². The first kappa shape index (κ1) is 21.5. The first-order chi connectivity index (χ1) is 16.1. The van der Waals surface area contributed by atoms with E-state index in [-0.39, 0.29) is 12.8 Å². The van der Waals surface area contributed by atoms with Gasteiger partial charge in [0.25, 0.3) is 0 Å². The Morgan fingerprint density at radius 1 is 1.00 bits per heavy atom. The Morgan fingerprint density at radius 3 is 2.67 bits per heavy atom. The number of ether oxygens (including phenoxy) is 3. The quantitative estimate of drug-likeness (QED) is 0.665. The Kier molecular flexibility index (Phi) is 6.06. The summed E-state index contributed by atoms with van der Waals surface area (Å²) in [5, 5.41) is 5.46. The number of anilines is 2. The Bertz CT molecular complexity index is 1050. The summed E-state index contributed by atoms with van der Waals surface area (Å²) in [6.45, 7) is 4.36. The third-order valence-corrected chi connectivity index (χ3v) is 6.40. The molecule has 1 atom stereocenters. The highest BCUT2D eigenvalue weighted by atomic mass is 16.7. The molecule has 0 aromatic heterocycles. The number of fused-ring (bicyclic) bond motifs is 2. The highest BCUT2D eigenvalue weighted by Gasteiger charge is 2.26. The molecule has 0 saturated carbocycles. The van der Waals surface area contributed by atoms with Crippen molar-refractivity contribution in [2.75, 3.05) is 63.5 Å². The lowest BCUT2D eigenvalue weighted by molar-refractivity contribution is -0.136. The van der Waals surface area contributed by atoms with Gasteiger partial charge in [-0.1, -0.05) is 12.1 Å². The summed E-state index contributed by atoms with van der Waals surface area (Å²) < 4.78 is 16.1. The van der Waals surface area contributed by atoms with Gasteiger partial charge in [0.05, 0.1) is 19.3 Å². The minimum atomic E-state index is -0.717. The summed E-state index contributed by atoms with van der Waals surface area (Å²) in [7, 11) is 2.10. The maximum Gasteiger partial charge on any atom is 0.313 e. The van der Waals surface area contributed by atoms with Gasteiger partial charge in [-0.3, -0.25) is 14.5 Å². The van der Waals surface area contributed by atoms with Gasteiger partial charge in [0.2, 0.25) is 6.79 Å². The highest BCUT2D eigenvalue weighted by molar-refractivity contribution is 6.39. The van der Waals surface area contributed by atoms with Gasteiger partial charge in [-0.25, -0.2) is 0 Å². The van der Waals surface area contributed by atoms with Crippen molar-refractivity contribution in [2.24, 2.45) is 0 Å². The third-order valence-electron chi connectivity index (χ3n) is 6.40. The normalized spacial score (nSPS) is 18.0. The van der Waals surface area contributed by atoms with Crippen molar-refractivity contribution in [1.29, 1.82) is 0 Å². The third kappa shape index (κ3) is 4.60. The van der Waals surface area contributed by atoms with Crippen LogP contribution in [0.1, 0.15) is 17.2 Å². The average Bonchev–Trinajstić information content (AvgIpc) is 3.45. The number of morpholine rings is 1. The van der Waals surface area contributed by atoms with E-state index in [1.165, 1.54) is 11.3 Å². The van der Waals surface area contributed by atoms with Gasteiger partial charge >= 0.3 is 11.8 Å². The number of carbonyl (C=O) groups is 2. The summed E-state index contributed by atoms with van der Waals surface area (Å²) in [6.07, 6.45) is 1.01. The molecule has 3 heterocycles. The van der Waals surface area contributed by atoms with Crippen LogP contribution in [-0.2, 0) is 20.7 Å². The summed E-state index contributed by atoms with van der Waals surface area (Å²) in [5.41, 5.74) is 4.20. The number of rotatable bonds is 5. The molecule has 2 aromatic rings. The van der Waals surface area contributed by atoms with Gasteiger partial charge in [0.15, 0.2) is 11.5 Å². The van der Waals surface area contributed by atoms with Gasteiger partial charge in [-0.15, -0.1) is 0 Å². The van der Waals surface area contributed by atoms with Gasteiger partial charge in [0, 0.05) is 50.7 Å². The predicted molar refractivity (Wildman–Crippen MR) is 123 cm³/mol. The van der Waals surface area contributed by atoms with Crippen molar-refractivity contribution < 1.29 is 23.8 Å². The molecule has 2 N–H and O–H groups in total. The van der Waals surface area contributed by atoms with Crippen molar-refractivity contribution in [2.45, 2.75) is 12.5 Å². The molecular formula is C24H28N4O5. The molecule has 9 heteroatoms. The zero-order valence-electron chi connectivity index (χ0n) is 18.6. The van der Waals surface area contributed by atoms with Gasteiger partial charge in [-0.05, 0) is 35.7 Å². The van der Waals surface area contributed by atoms with Crippen LogP contribution >= 0.6 is 0 Å². The fraction of sp³-hybridized carbons (Fsp3) is 0.417. The van der Waals surface area contributed by atoms with E-state index in [0.29, 0.717) is 36.9 Å². The van der Waals surface area contributed by atoms with Gasteiger partial charge < -0.3 is 29.7 Å². The van der Waals surface area contributed by atoms with Gasteiger partial charge in [0.1, 0.15) is 0 Å². The summed E-state index contributed by atoms with van der Waals surface area (Å²) >= 11 is 0. The molecule has 33 heavy (non-hydrogen) atoms. The molecule has 1 fully saturated rings. The van der Waals surface area contributed by atoms with Crippen LogP contribution in [-0.4, -0.2) is 69.9 Å². The Balaban J connectivity index is 1.26. The molecule has 0 bridgehead atoms. The van der Waals surface area contributed by atoms with E-state index in [4.69, 9.17) is 14.2 Å². The van der Waals surface area contributed by atoms with E-state index >= 15 is 0 Å². The van der Waals surface area contributed by atoms with E-state index in [0.717, 1.165) is 31.6 Å². The zero-order valence-corrected chi connectivity index (χ0v) is 18.6. The number of hydrogen-bond acceptors (Lipinski definition) is 7. The van der Waals surface area contributed by atoms with E-state index < -0.39 is 11.8 Å². The van der Waals surface area contributed by atoms with E-state index in [2.05, 4.69) is 45.7 Å². The van der Waals surface area contributed by atoms with E-state index in [1.54, 1.807) is 18.2 Å². The fourth-order valence-electron chi connectivity index (χ4n) is 4.57. The molecule has 3 aliphatic heterocycles. The summed E-state index contributed by atoms with van der Waals surface area (Å²) in [4.78, 5) is 29.7. The number of carbonyl (C=O) groups excluding carboxylic acids is 2. The lowest BCUT2D eigenvalue weighted by atomic mass is 10.0. The second kappa shape index (κ2) is 9.29. The topological polar surface area (TPSA) is 92.4 Å². The van der Waals surface area contributed by atoms with E-state index in [1.807, 2.05) is 0 Å². The molecule has 0 unspecified atom stereocenters. The van der Waals surface area contributed by atoms with Crippen LogP contribution in [0.2, 0.25) is 0 Å². The number of benzene rings is 2. The molecule has 9 nitrogen and oxygen atoms in total. The Morgan fingerprint density at radius 2 is 1.82 bits per heavy atom. The summed E-state index contributed by atoms with van der Waals surface area (Å²) in [6, 6.07) is 11.5. The molecule has 0 spiro atoms. The molecule has 5 rings (SSSR count). The minimum Gasteiger partial charge on any atom is -0.454 e. The number of hydrogen-bond donors (Lipinski definition) is 2. The van der Waals surface area contributed by atoms with Crippen molar-refractivity contribution in [1.82, 2.24) is 10.2 Å². The van der Waals surface area contributed by atoms with Crippen LogP contribution in [0.25, 0.3) is 0 Å². The second-order valence-corrected chi connectivity index (χ2v) is 8.46. The van der Waals surface area contributed by atoms with Crippen LogP contribution in [0.3, 0.4) is 0 Å². The summed E-state index contributed by atoms with van der Waals surface area (Å²) in [5.74, 6) is -0.230. The molecule has 1 saturated heterocycles. The fourth-order valence-corrected chi connectivity index (χ4v) is 4.57. The molecular weight excluding hydrogens is 424 g/mol. The minimum absolute atomic E-state index is 0.0348. The maximum atomic E-state index is 12.6. The van der Waals surface area contributed by atoms with E-state index in [9.17, 15) is 9.59 Å².